The lowest BCUT2D eigenvalue weighted by Gasteiger charge is -2.36. The van der Waals surface area contributed by atoms with Gasteiger partial charge in [0.1, 0.15) is 0 Å². The molecule has 1 aromatic carbocycles. The summed E-state index contributed by atoms with van der Waals surface area (Å²) in [5.41, 5.74) is 10.3. The Labute approximate surface area is 193 Å². The van der Waals surface area contributed by atoms with Crippen molar-refractivity contribution in [2.24, 2.45) is 5.73 Å². The molecule has 172 valence electrons. The van der Waals surface area contributed by atoms with E-state index in [4.69, 9.17) is 5.73 Å². The van der Waals surface area contributed by atoms with Crippen LogP contribution in [0.25, 0.3) is 5.69 Å². The summed E-state index contributed by atoms with van der Waals surface area (Å²) in [5, 5.41) is 9.71. The molecule has 0 saturated heterocycles. The number of nitrogens with zero attached hydrogens (tertiary/aromatic N) is 3. The van der Waals surface area contributed by atoms with Crippen molar-refractivity contribution in [3.63, 3.8) is 0 Å². The highest BCUT2D eigenvalue weighted by Crippen LogP contribution is 2.37. The lowest BCUT2D eigenvalue weighted by Crippen LogP contribution is -2.58. The molecule has 0 fully saturated rings. The number of aromatic nitrogens is 2. The summed E-state index contributed by atoms with van der Waals surface area (Å²) in [6.07, 6.45) is 6.28. The zero-order valence-corrected chi connectivity index (χ0v) is 19.3. The van der Waals surface area contributed by atoms with Crippen molar-refractivity contribution in [1.29, 1.82) is 0 Å². The summed E-state index contributed by atoms with van der Waals surface area (Å²) in [5.74, 6) is -0.451. The Morgan fingerprint density at radius 3 is 2.42 bits per heavy atom. The maximum atomic E-state index is 13.1. The van der Waals surface area contributed by atoms with Crippen LogP contribution in [-0.2, 0) is 6.42 Å². The van der Waals surface area contributed by atoms with Crippen molar-refractivity contribution in [1.82, 2.24) is 20.2 Å². The van der Waals surface area contributed by atoms with Gasteiger partial charge in [0.05, 0.1) is 28.2 Å². The molecule has 1 aliphatic carbocycles. The minimum atomic E-state index is -0.533. The second-order valence-electron chi connectivity index (χ2n) is 8.17. The largest absolute Gasteiger partial charge is 0.386 e. The number of nitrogens with two attached hydrogens (primary N) is 1. The average Bonchev–Trinajstić information content (AvgIpc) is 3.22. The fourth-order valence-electron chi connectivity index (χ4n) is 4.50. The number of carbonyl (C=O) groups is 2. The number of rotatable bonds is 7. The zero-order valence-electron chi connectivity index (χ0n) is 19.3. The Morgan fingerprint density at radius 1 is 1.12 bits per heavy atom. The van der Waals surface area contributed by atoms with Crippen LogP contribution >= 0.6 is 0 Å². The number of carbonyl (C=O) groups excluding carboxylic acids is 2. The SMILES string of the molecule is CNc1cn(-c2ccc(C(N)=O)c(N(C)c3ccncc3)c2)c2c1C(=O)CC(NC)(NC)C2. The van der Waals surface area contributed by atoms with Gasteiger partial charge in [-0.1, -0.05) is 0 Å². The van der Waals surface area contributed by atoms with E-state index >= 15 is 0 Å². The Morgan fingerprint density at radius 2 is 1.82 bits per heavy atom. The van der Waals surface area contributed by atoms with Gasteiger partial charge in [0.2, 0.25) is 0 Å². The van der Waals surface area contributed by atoms with E-state index in [1.165, 1.54) is 0 Å². The molecule has 5 N–H and O–H groups in total. The van der Waals surface area contributed by atoms with Crippen LogP contribution in [0.4, 0.5) is 17.1 Å². The van der Waals surface area contributed by atoms with Gasteiger partial charge in [0, 0.05) is 62.6 Å². The lowest BCUT2D eigenvalue weighted by atomic mass is 9.86. The van der Waals surface area contributed by atoms with Gasteiger partial charge in [-0.3, -0.25) is 14.6 Å². The molecule has 1 aliphatic rings. The molecular weight excluding hydrogens is 418 g/mol. The maximum Gasteiger partial charge on any atom is 0.250 e. The van der Waals surface area contributed by atoms with Gasteiger partial charge < -0.3 is 31.2 Å². The van der Waals surface area contributed by atoms with Gasteiger partial charge in [0.15, 0.2) is 5.78 Å². The standard InChI is InChI=1S/C24H29N7O2/c1-26-18-14-31(20-12-24(27-2,28-3)13-21(32)22(18)20)16-5-6-17(23(25)33)19(11-16)30(4)15-7-9-29-10-8-15/h5-11,14,26-28H,12-13H2,1-4H3,(H2,25,33). The van der Waals surface area contributed by atoms with Gasteiger partial charge in [-0.2, -0.15) is 0 Å². The second-order valence-corrected chi connectivity index (χ2v) is 8.17. The van der Waals surface area contributed by atoms with Crippen LogP contribution in [0.2, 0.25) is 0 Å². The van der Waals surface area contributed by atoms with Crippen LogP contribution < -0.4 is 26.6 Å². The third kappa shape index (κ3) is 3.85. The van der Waals surface area contributed by atoms with Crippen molar-refractivity contribution in [3.8, 4) is 5.69 Å². The number of amides is 1. The first kappa shape index (κ1) is 22.5. The average molecular weight is 448 g/mol. The monoisotopic (exact) mass is 447 g/mol. The van der Waals surface area contributed by atoms with Crippen molar-refractivity contribution in [3.05, 3.63) is 65.7 Å². The summed E-state index contributed by atoms with van der Waals surface area (Å²) in [4.78, 5) is 31.3. The normalized spacial score (nSPS) is 14.6. The van der Waals surface area contributed by atoms with E-state index in [1.54, 1.807) is 18.5 Å². The molecule has 9 heteroatoms. The van der Waals surface area contributed by atoms with Gasteiger partial charge in [-0.05, 0) is 44.4 Å². The van der Waals surface area contributed by atoms with Crippen LogP contribution in [0.5, 0.6) is 0 Å². The fourth-order valence-corrected chi connectivity index (χ4v) is 4.50. The highest BCUT2D eigenvalue weighted by Gasteiger charge is 2.40. The molecule has 0 radical (unpaired) electrons. The lowest BCUT2D eigenvalue weighted by molar-refractivity contribution is 0.0902. The number of benzene rings is 1. The topological polar surface area (TPSA) is 117 Å². The van der Waals surface area contributed by atoms with Crippen molar-refractivity contribution in [2.75, 3.05) is 38.4 Å². The molecule has 9 nitrogen and oxygen atoms in total. The smallest absolute Gasteiger partial charge is 0.250 e. The number of primary amides is 1. The molecule has 0 bridgehead atoms. The molecule has 2 aromatic heterocycles. The molecule has 0 unspecified atom stereocenters. The van der Waals surface area contributed by atoms with Gasteiger partial charge in [0.25, 0.3) is 5.91 Å². The number of hydrogen-bond donors (Lipinski definition) is 4. The third-order valence-corrected chi connectivity index (χ3v) is 6.48. The van der Waals surface area contributed by atoms with E-state index < -0.39 is 11.6 Å². The van der Waals surface area contributed by atoms with Crippen LogP contribution in [0, 0.1) is 0 Å². The van der Waals surface area contributed by atoms with E-state index in [0.29, 0.717) is 29.7 Å². The van der Waals surface area contributed by atoms with Crippen molar-refractivity contribution in [2.45, 2.75) is 18.5 Å². The number of anilines is 3. The first-order valence-corrected chi connectivity index (χ1v) is 10.7. The Balaban J connectivity index is 1.89. The molecule has 0 saturated carbocycles. The summed E-state index contributed by atoms with van der Waals surface area (Å²) < 4.78 is 2.01. The van der Waals surface area contributed by atoms with E-state index in [-0.39, 0.29) is 5.78 Å². The second kappa shape index (κ2) is 8.68. The van der Waals surface area contributed by atoms with Crippen molar-refractivity contribution < 1.29 is 9.59 Å². The van der Waals surface area contributed by atoms with E-state index in [0.717, 1.165) is 22.8 Å². The van der Waals surface area contributed by atoms with Crippen LogP contribution in [-0.4, -0.2) is 55.1 Å². The molecule has 0 atom stereocenters. The number of pyridine rings is 1. The Bertz CT molecular complexity index is 1200. The number of likely N-dealkylation sites (N-methyl/N-ethyl adjacent to an activating group) is 2. The summed E-state index contributed by atoms with van der Waals surface area (Å²) in [6.45, 7) is 0. The molecule has 3 aromatic rings. The first-order valence-electron chi connectivity index (χ1n) is 10.7. The van der Waals surface area contributed by atoms with Gasteiger partial charge >= 0.3 is 0 Å². The molecule has 33 heavy (non-hydrogen) atoms. The summed E-state index contributed by atoms with van der Waals surface area (Å²) in [6, 6.07) is 9.22. The number of Topliss-reactive ketones (excluding diaryl/α,β-unsaturated/α-hetero) is 1. The minimum Gasteiger partial charge on any atom is -0.386 e. The molecular formula is C24H29N7O2. The molecule has 4 rings (SSSR count). The number of fused-ring (bicyclic) bond motifs is 1. The molecule has 0 aliphatic heterocycles. The van der Waals surface area contributed by atoms with Gasteiger partial charge in [-0.15, -0.1) is 0 Å². The third-order valence-electron chi connectivity index (χ3n) is 6.48. The van der Waals surface area contributed by atoms with E-state index in [2.05, 4.69) is 20.9 Å². The fraction of sp³-hybridized carbons (Fsp3) is 0.292. The van der Waals surface area contributed by atoms with Crippen LogP contribution in [0.15, 0.2) is 48.9 Å². The number of hydrogen-bond acceptors (Lipinski definition) is 7. The Kier molecular flexibility index (Phi) is 5.92. The number of ketones is 1. The van der Waals surface area contributed by atoms with Crippen LogP contribution in [0.3, 0.4) is 0 Å². The van der Waals surface area contributed by atoms with Crippen molar-refractivity contribution >= 4 is 28.8 Å². The molecule has 0 spiro atoms. The predicted molar refractivity (Wildman–Crippen MR) is 130 cm³/mol. The van der Waals surface area contributed by atoms with E-state index in [1.807, 2.05) is 68.1 Å². The van der Waals surface area contributed by atoms with Gasteiger partial charge in [-0.25, -0.2) is 0 Å². The Hall–Kier alpha value is -3.69. The summed E-state index contributed by atoms with van der Waals surface area (Å²) >= 11 is 0. The highest BCUT2D eigenvalue weighted by molar-refractivity contribution is 6.05. The maximum absolute atomic E-state index is 13.1. The predicted octanol–water partition coefficient (Wildman–Crippen LogP) is 2.04. The highest BCUT2D eigenvalue weighted by atomic mass is 16.1. The quantitative estimate of drug-likeness (QED) is 0.410. The zero-order chi connectivity index (χ0) is 23.8. The van der Waals surface area contributed by atoms with Crippen LogP contribution in [0.1, 0.15) is 32.8 Å². The molecule has 2 heterocycles. The van der Waals surface area contributed by atoms with E-state index in [9.17, 15) is 9.59 Å². The molecule has 1 amide bonds. The number of nitrogens with one attached hydrogen (secondary N) is 3. The summed E-state index contributed by atoms with van der Waals surface area (Å²) in [7, 11) is 7.39. The first-order chi connectivity index (χ1) is 15.8. The minimum absolute atomic E-state index is 0.0610.